The van der Waals surface area contributed by atoms with Crippen LogP contribution in [0.4, 0.5) is 4.79 Å². The first-order chi connectivity index (χ1) is 12.1. The number of urea groups is 1. The van der Waals surface area contributed by atoms with E-state index in [4.69, 9.17) is 0 Å². The normalized spacial score (nSPS) is 17.7. The number of hydrogen-bond acceptors (Lipinski definition) is 3. The van der Waals surface area contributed by atoms with Crippen molar-refractivity contribution in [3.05, 3.63) is 54.1 Å². The maximum atomic E-state index is 12.4. The van der Waals surface area contributed by atoms with E-state index in [2.05, 4.69) is 15.6 Å². The molecule has 3 rings (SSSR count). The van der Waals surface area contributed by atoms with E-state index >= 15 is 0 Å². The van der Waals surface area contributed by atoms with E-state index in [-0.39, 0.29) is 11.9 Å². The number of aromatic nitrogens is 2. The van der Waals surface area contributed by atoms with Crippen LogP contribution < -0.4 is 10.6 Å². The van der Waals surface area contributed by atoms with E-state index in [0.717, 1.165) is 18.5 Å². The summed E-state index contributed by atoms with van der Waals surface area (Å²) in [7, 11) is 0. The molecule has 1 aromatic heterocycles. The molecule has 132 valence electrons. The molecule has 0 radical (unpaired) electrons. The average molecular weight is 341 g/mol. The van der Waals surface area contributed by atoms with Crippen LogP contribution in [0.1, 0.15) is 24.5 Å². The van der Waals surface area contributed by atoms with Crippen molar-refractivity contribution in [2.24, 2.45) is 0 Å². The van der Waals surface area contributed by atoms with Gasteiger partial charge in [0.05, 0.1) is 6.33 Å². The number of imidazole rings is 1. The van der Waals surface area contributed by atoms with Gasteiger partial charge in [0, 0.05) is 38.6 Å². The Bertz CT molecular complexity index is 712. The molecule has 2 heterocycles. The molecule has 25 heavy (non-hydrogen) atoms. The number of nitrogens with zero attached hydrogens (tertiary/aromatic N) is 3. The summed E-state index contributed by atoms with van der Waals surface area (Å²) in [5, 5.41) is 5.71. The molecule has 7 heteroatoms. The maximum absolute atomic E-state index is 12.4. The van der Waals surface area contributed by atoms with Gasteiger partial charge in [0.15, 0.2) is 0 Å². The molecule has 2 aromatic rings. The standard InChI is InChI=1S/C18H23N5O2/c1-14-17(24)20-7-2-9-23(14)18(25)21-11-15-3-5-16(6-4-15)12-22-10-8-19-13-22/h3-6,8,10,13-14H,2,7,9,11-12H2,1H3,(H,20,24)(H,21,25)/t14-/m1/s1. The van der Waals surface area contributed by atoms with E-state index in [0.29, 0.717) is 19.6 Å². The molecule has 1 aliphatic heterocycles. The van der Waals surface area contributed by atoms with Gasteiger partial charge in [-0.3, -0.25) is 4.79 Å². The SMILES string of the molecule is C[C@@H]1C(=O)NCCCN1C(=O)NCc1ccc(Cn2ccnc2)cc1. The van der Waals surface area contributed by atoms with Crippen LogP contribution in [0, 0.1) is 0 Å². The lowest BCUT2D eigenvalue weighted by atomic mass is 10.1. The highest BCUT2D eigenvalue weighted by molar-refractivity contribution is 5.87. The van der Waals surface area contributed by atoms with Crippen LogP contribution >= 0.6 is 0 Å². The lowest BCUT2D eigenvalue weighted by Crippen LogP contribution is -2.49. The molecule has 3 amide bonds. The Kier molecular flexibility index (Phi) is 5.33. The molecule has 0 spiro atoms. The van der Waals surface area contributed by atoms with E-state index in [1.165, 1.54) is 5.56 Å². The van der Waals surface area contributed by atoms with Gasteiger partial charge in [-0.2, -0.15) is 0 Å². The van der Waals surface area contributed by atoms with Gasteiger partial charge in [-0.1, -0.05) is 24.3 Å². The summed E-state index contributed by atoms with van der Waals surface area (Å²) in [6.45, 7) is 4.16. The fourth-order valence-corrected chi connectivity index (χ4v) is 2.85. The predicted octanol–water partition coefficient (Wildman–Crippen LogP) is 1.35. The second kappa shape index (κ2) is 7.83. The van der Waals surface area contributed by atoms with Crippen molar-refractivity contribution < 1.29 is 9.59 Å². The number of hydrogen-bond donors (Lipinski definition) is 2. The van der Waals surface area contributed by atoms with Crippen molar-refractivity contribution in [1.29, 1.82) is 0 Å². The number of nitrogens with one attached hydrogen (secondary N) is 2. The number of amides is 3. The number of carbonyl (C=O) groups excluding carboxylic acids is 2. The van der Waals surface area contributed by atoms with Crippen molar-refractivity contribution in [3.8, 4) is 0 Å². The van der Waals surface area contributed by atoms with E-state index < -0.39 is 6.04 Å². The van der Waals surface area contributed by atoms with Crippen molar-refractivity contribution in [1.82, 2.24) is 25.1 Å². The van der Waals surface area contributed by atoms with Crippen molar-refractivity contribution in [3.63, 3.8) is 0 Å². The van der Waals surface area contributed by atoms with E-state index in [9.17, 15) is 9.59 Å². The molecule has 0 aliphatic carbocycles. The molecule has 1 aromatic carbocycles. The molecule has 7 nitrogen and oxygen atoms in total. The largest absolute Gasteiger partial charge is 0.354 e. The molecule has 1 fully saturated rings. The summed E-state index contributed by atoms with van der Waals surface area (Å²) >= 11 is 0. The highest BCUT2D eigenvalue weighted by Crippen LogP contribution is 2.08. The fraction of sp³-hybridized carbons (Fsp3) is 0.389. The molecular formula is C18H23N5O2. The zero-order chi connectivity index (χ0) is 17.6. The minimum Gasteiger partial charge on any atom is -0.354 e. The van der Waals surface area contributed by atoms with Crippen LogP contribution in [0.3, 0.4) is 0 Å². The van der Waals surface area contributed by atoms with Crippen LogP contribution in [0.5, 0.6) is 0 Å². The third-order valence-electron chi connectivity index (χ3n) is 4.37. The lowest BCUT2D eigenvalue weighted by molar-refractivity contribution is -0.124. The second-order valence-electron chi connectivity index (χ2n) is 6.22. The Morgan fingerprint density at radius 3 is 2.80 bits per heavy atom. The topological polar surface area (TPSA) is 79.3 Å². The predicted molar refractivity (Wildman–Crippen MR) is 93.8 cm³/mol. The Hall–Kier alpha value is -2.83. The summed E-state index contributed by atoms with van der Waals surface area (Å²) < 4.78 is 2.00. The quantitative estimate of drug-likeness (QED) is 0.881. The summed E-state index contributed by atoms with van der Waals surface area (Å²) in [5.74, 6) is -0.100. The molecule has 0 saturated carbocycles. The smallest absolute Gasteiger partial charge is 0.318 e. The summed E-state index contributed by atoms with van der Waals surface area (Å²) in [4.78, 5) is 29.8. The van der Waals surface area contributed by atoms with Gasteiger partial charge < -0.3 is 20.1 Å². The Balaban J connectivity index is 1.54. The molecule has 1 atom stereocenters. The van der Waals surface area contributed by atoms with Crippen molar-refractivity contribution in [2.45, 2.75) is 32.5 Å². The number of rotatable bonds is 4. The molecule has 1 aliphatic rings. The van der Waals surface area contributed by atoms with E-state index in [1.807, 2.05) is 35.0 Å². The first kappa shape index (κ1) is 17.0. The van der Waals surface area contributed by atoms with Gasteiger partial charge in [0.25, 0.3) is 0 Å². The van der Waals surface area contributed by atoms with Gasteiger partial charge >= 0.3 is 6.03 Å². The van der Waals surface area contributed by atoms with Gasteiger partial charge in [-0.25, -0.2) is 9.78 Å². The summed E-state index contributed by atoms with van der Waals surface area (Å²) in [5.41, 5.74) is 2.19. The van der Waals surface area contributed by atoms with Gasteiger partial charge in [0.1, 0.15) is 6.04 Å². The van der Waals surface area contributed by atoms with Crippen molar-refractivity contribution in [2.75, 3.05) is 13.1 Å². The van der Waals surface area contributed by atoms with Gasteiger partial charge in [-0.15, -0.1) is 0 Å². The summed E-state index contributed by atoms with van der Waals surface area (Å²) in [6, 6.07) is 7.45. The Morgan fingerprint density at radius 1 is 1.32 bits per heavy atom. The van der Waals surface area contributed by atoms with Gasteiger partial charge in [-0.05, 0) is 24.5 Å². The lowest BCUT2D eigenvalue weighted by Gasteiger charge is -2.25. The molecular weight excluding hydrogens is 318 g/mol. The summed E-state index contributed by atoms with van der Waals surface area (Å²) in [6.07, 6.45) is 6.24. The minimum atomic E-state index is -0.444. The zero-order valence-electron chi connectivity index (χ0n) is 14.3. The molecule has 0 unspecified atom stereocenters. The number of benzene rings is 1. The van der Waals surface area contributed by atoms with Crippen LogP contribution in [0.15, 0.2) is 43.0 Å². The molecule has 2 N–H and O–H groups in total. The zero-order valence-corrected chi connectivity index (χ0v) is 14.3. The second-order valence-corrected chi connectivity index (χ2v) is 6.22. The highest BCUT2D eigenvalue weighted by atomic mass is 16.2. The molecule has 1 saturated heterocycles. The maximum Gasteiger partial charge on any atom is 0.318 e. The fourth-order valence-electron chi connectivity index (χ4n) is 2.85. The third-order valence-corrected chi connectivity index (χ3v) is 4.37. The Morgan fingerprint density at radius 2 is 2.08 bits per heavy atom. The minimum absolute atomic E-state index is 0.100. The monoisotopic (exact) mass is 341 g/mol. The van der Waals surface area contributed by atoms with Crippen molar-refractivity contribution >= 4 is 11.9 Å². The van der Waals surface area contributed by atoms with E-state index in [1.54, 1.807) is 24.3 Å². The average Bonchev–Trinajstić information content (AvgIpc) is 3.07. The van der Waals surface area contributed by atoms with Gasteiger partial charge in [0.2, 0.25) is 5.91 Å². The van der Waals surface area contributed by atoms with Crippen LogP contribution in [0.2, 0.25) is 0 Å². The van der Waals surface area contributed by atoms with Crippen LogP contribution in [-0.2, 0) is 17.9 Å². The molecule has 0 bridgehead atoms. The first-order valence-corrected chi connectivity index (χ1v) is 8.49. The van der Waals surface area contributed by atoms with Crippen LogP contribution in [0.25, 0.3) is 0 Å². The number of carbonyl (C=O) groups is 2. The third kappa shape index (κ3) is 4.37. The highest BCUT2D eigenvalue weighted by Gasteiger charge is 2.27. The first-order valence-electron chi connectivity index (χ1n) is 8.49. The van der Waals surface area contributed by atoms with Crippen LogP contribution in [-0.4, -0.2) is 45.5 Å². The Labute approximate surface area is 147 Å².